The van der Waals surface area contributed by atoms with E-state index in [-0.39, 0.29) is 11.8 Å². The topological polar surface area (TPSA) is 35.6 Å². The third-order valence-electron chi connectivity index (χ3n) is 4.68. The van der Waals surface area contributed by atoms with Crippen LogP contribution in [0.2, 0.25) is 5.02 Å². The molecule has 1 aliphatic heterocycles. The zero-order valence-corrected chi connectivity index (χ0v) is 15.4. The number of nitrogens with one attached hydrogen (secondary N) is 1. The molecule has 0 aliphatic carbocycles. The largest absolute Gasteiger partial charge is 0.334 e. The second kappa shape index (κ2) is 9.01. The van der Waals surface area contributed by atoms with Crippen LogP contribution in [0, 0.1) is 5.82 Å². The minimum absolute atomic E-state index is 0.0527. The van der Waals surface area contributed by atoms with E-state index in [1.807, 2.05) is 41.3 Å². The molecule has 1 heterocycles. The van der Waals surface area contributed by atoms with Gasteiger partial charge in [0, 0.05) is 44.3 Å². The Hall–Kier alpha value is -2.11. The molecular formula is C20H23ClFN3O. The molecule has 0 aromatic heterocycles. The van der Waals surface area contributed by atoms with E-state index in [2.05, 4.69) is 10.2 Å². The first kappa shape index (κ1) is 18.7. The SMILES string of the molecule is O=C(NCc1ccccc1Cl)N1CCN(CCc2ccc(F)cc2)CC1. The molecule has 0 spiro atoms. The number of amides is 2. The number of carbonyl (C=O) groups is 1. The lowest BCUT2D eigenvalue weighted by atomic mass is 10.1. The van der Waals surface area contributed by atoms with Crippen LogP contribution in [-0.2, 0) is 13.0 Å². The van der Waals surface area contributed by atoms with Crippen LogP contribution in [0.25, 0.3) is 0 Å². The van der Waals surface area contributed by atoms with Crippen LogP contribution in [0.15, 0.2) is 48.5 Å². The highest BCUT2D eigenvalue weighted by atomic mass is 35.5. The zero-order valence-electron chi connectivity index (χ0n) is 14.6. The Morgan fingerprint density at radius 2 is 1.73 bits per heavy atom. The number of urea groups is 1. The quantitative estimate of drug-likeness (QED) is 0.867. The second-order valence-corrected chi connectivity index (χ2v) is 6.86. The summed E-state index contributed by atoms with van der Waals surface area (Å²) in [6.07, 6.45) is 0.888. The van der Waals surface area contributed by atoms with E-state index in [0.717, 1.165) is 37.2 Å². The van der Waals surface area contributed by atoms with E-state index in [4.69, 9.17) is 11.6 Å². The monoisotopic (exact) mass is 375 g/mol. The molecule has 0 atom stereocenters. The summed E-state index contributed by atoms with van der Waals surface area (Å²) in [5.74, 6) is -0.204. The van der Waals surface area contributed by atoms with E-state index in [1.165, 1.54) is 12.1 Å². The van der Waals surface area contributed by atoms with Gasteiger partial charge >= 0.3 is 6.03 Å². The Balaban J connectivity index is 1.39. The van der Waals surface area contributed by atoms with Gasteiger partial charge in [-0.25, -0.2) is 9.18 Å². The van der Waals surface area contributed by atoms with E-state index in [1.54, 1.807) is 0 Å². The minimum atomic E-state index is -0.204. The van der Waals surface area contributed by atoms with Gasteiger partial charge in [-0.2, -0.15) is 0 Å². The molecule has 0 saturated carbocycles. The van der Waals surface area contributed by atoms with Gasteiger partial charge in [0.05, 0.1) is 0 Å². The molecule has 2 amide bonds. The Morgan fingerprint density at radius 1 is 1.04 bits per heavy atom. The summed E-state index contributed by atoms with van der Waals surface area (Å²) in [6, 6.07) is 14.1. The van der Waals surface area contributed by atoms with Gasteiger partial charge in [0.15, 0.2) is 0 Å². The first-order chi connectivity index (χ1) is 12.6. The molecule has 1 N–H and O–H groups in total. The van der Waals surface area contributed by atoms with Gasteiger partial charge in [-0.3, -0.25) is 4.90 Å². The number of hydrogen-bond donors (Lipinski definition) is 1. The van der Waals surface area contributed by atoms with Crippen LogP contribution in [-0.4, -0.2) is 48.6 Å². The summed E-state index contributed by atoms with van der Waals surface area (Å²) < 4.78 is 12.9. The number of carbonyl (C=O) groups excluding carboxylic acids is 1. The molecule has 1 aliphatic rings. The Kier molecular flexibility index (Phi) is 6.47. The summed E-state index contributed by atoms with van der Waals surface area (Å²) in [6.45, 7) is 4.46. The molecule has 2 aromatic carbocycles. The molecule has 2 aromatic rings. The lowest BCUT2D eigenvalue weighted by Gasteiger charge is -2.34. The molecule has 0 unspecified atom stereocenters. The number of benzene rings is 2. The van der Waals surface area contributed by atoms with E-state index < -0.39 is 0 Å². The maximum atomic E-state index is 12.9. The van der Waals surface area contributed by atoms with Gasteiger partial charge in [-0.05, 0) is 35.7 Å². The summed E-state index contributed by atoms with van der Waals surface area (Å²) in [4.78, 5) is 16.5. The fourth-order valence-electron chi connectivity index (χ4n) is 3.04. The average Bonchev–Trinajstić information content (AvgIpc) is 2.67. The van der Waals surface area contributed by atoms with E-state index >= 15 is 0 Å². The Morgan fingerprint density at radius 3 is 2.42 bits per heavy atom. The molecule has 6 heteroatoms. The maximum Gasteiger partial charge on any atom is 0.317 e. The smallest absolute Gasteiger partial charge is 0.317 e. The molecule has 3 rings (SSSR count). The van der Waals surface area contributed by atoms with Crippen molar-refractivity contribution in [1.82, 2.24) is 15.1 Å². The van der Waals surface area contributed by atoms with Crippen molar-refractivity contribution in [2.45, 2.75) is 13.0 Å². The highest BCUT2D eigenvalue weighted by Gasteiger charge is 2.20. The van der Waals surface area contributed by atoms with Crippen LogP contribution < -0.4 is 5.32 Å². The average molecular weight is 376 g/mol. The van der Waals surface area contributed by atoms with Crippen molar-refractivity contribution < 1.29 is 9.18 Å². The number of rotatable bonds is 5. The highest BCUT2D eigenvalue weighted by Crippen LogP contribution is 2.14. The Bertz CT molecular complexity index is 730. The summed E-state index contributed by atoms with van der Waals surface area (Å²) in [5.41, 5.74) is 2.05. The van der Waals surface area contributed by atoms with Gasteiger partial charge < -0.3 is 10.2 Å². The van der Waals surface area contributed by atoms with E-state index in [9.17, 15) is 9.18 Å². The van der Waals surface area contributed by atoms with Crippen molar-refractivity contribution in [1.29, 1.82) is 0 Å². The third kappa shape index (κ3) is 5.19. The van der Waals surface area contributed by atoms with Gasteiger partial charge in [-0.1, -0.05) is 41.9 Å². The van der Waals surface area contributed by atoms with Crippen LogP contribution in [0.5, 0.6) is 0 Å². The minimum Gasteiger partial charge on any atom is -0.334 e. The number of hydrogen-bond acceptors (Lipinski definition) is 2. The van der Waals surface area contributed by atoms with Crippen molar-refractivity contribution in [3.8, 4) is 0 Å². The van der Waals surface area contributed by atoms with Crippen molar-refractivity contribution in [2.75, 3.05) is 32.7 Å². The molecule has 0 radical (unpaired) electrons. The first-order valence-electron chi connectivity index (χ1n) is 8.85. The van der Waals surface area contributed by atoms with E-state index in [0.29, 0.717) is 24.7 Å². The molecule has 1 fully saturated rings. The lowest BCUT2D eigenvalue weighted by molar-refractivity contribution is 0.140. The van der Waals surface area contributed by atoms with Crippen LogP contribution in [0.1, 0.15) is 11.1 Å². The van der Waals surface area contributed by atoms with Crippen molar-refractivity contribution in [3.63, 3.8) is 0 Å². The zero-order chi connectivity index (χ0) is 18.4. The fraction of sp³-hybridized carbons (Fsp3) is 0.350. The molecule has 138 valence electrons. The van der Waals surface area contributed by atoms with Crippen LogP contribution >= 0.6 is 11.6 Å². The number of halogens is 2. The lowest BCUT2D eigenvalue weighted by Crippen LogP contribution is -2.51. The van der Waals surface area contributed by atoms with Crippen molar-refractivity contribution >= 4 is 17.6 Å². The highest BCUT2D eigenvalue weighted by molar-refractivity contribution is 6.31. The van der Waals surface area contributed by atoms with Gasteiger partial charge in [0.2, 0.25) is 0 Å². The van der Waals surface area contributed by atoms with Crippen LogP contribution in [0.3, 0.4) is 0 Å². The maximum absolute atomic E-state index is 12.9. The standard InChI is InChI=1S/C20H23ClFN3O/c21-19-4-2-1-3-17(19)15-23-20(26)25-13-11-24(12-14-25)10-9-16-5-7-18(22)8-6-16/h1-8H,9-15H2,(H,23,26). The normalized spacial score (nSPS) is 15.1. The molecular weight excluding hydrogens is 353 g/mol. The predicted octanol–water partition coefficient (Wildman–Crippen LogP) is 3.55. The third-order valence-corrected chi connectivity index (χ3v) is 5.05. The summed E-state index contributed by atoms with van der Waals surface area (Å²) in [7, 11) is 0. The van der Waals surface area contributed by atoms with Gasteiger partial charge in [-0.15, -0.1) is 0 Å². The molecule has 0 bridgehead atoms. The summed E-state index contributed by atoms with van der Waals surface area (Å²) in [5, 5.41) is 3.60. The number of nitrogens with zero attached hydrogens (tertiary/aromatic N) is 2. The van der Waals surface area contributed by atoms with Crippen molar-refractivity contribution in [3.05, 3.63) is 70.5 Å². The van der Waals surface area contributed by atoms with Gasteiger partial charge in [0.25, 0.3) is 0 Å². The molecule has 4 nitrogen and oxygen atoms in total. The second-order valence-electron chi connectivity index (χ2n) is 6.46. The molecule has 26 heavy (non-hydrogen) atoms. The Labute approximate surface area is 158 Å². The summed E-state index contributed by atoms with van der Waals surface area (Å²) >= 11 is 6.11. The predicted molar refractivity (Wildman–Crippen MR) is 102 cm³/mol. The van der Waals surface area contributed by atoms with Crippen LogP contribution in [0.4, 0.5) is 9.18 Å². The van der Waals surface area contributed by atoms with Gasteiger partial charge in [0.1, 0.15) is 5.82 Å². The molecule has 1 saturated heterocycles. The van der Waals surface area contributed by atoms with Crippen molar-refractivity contribution in [2.24, 2.45) is 0 Å². The fourth-order valence-corrected chi connectivity index (χ4v) is 3.24. The first-order valence-corrected chi connectivity index (χ1v) is 9.22. The number of piperazine rings is 1.